The molecule has 0 heterocycles. The zero-order valence-electron chi connectivity index (χ0n) is 9.06. The second-order valence-electron chi connectivity index (χ2n) is 6.07. The van der Waals surface area contributed by atoms with Crippen LogP contribution in [0.2, 0.25) is 0 Å². The van der Waals surface area contributed by atoms with Crippen molar-refractivity contribution in [1.82, 2.24) is 0 Å². The van der Waals surface area contributed by atoms with Crippen molar-refractivity contribution in [2.75, 3.05) is 0 Å². The molecule has 1 heteroatoms. The molecular weight excluding hydrogens is 194 g/mol. The van der Waals surface area contributed by atoms with Crippen molar-refractivity contribution in [1.29, 1.82) is 5.26 Å². The summed E-state index contributed by atoms with van der Waals surface area (Å²) in [7, 11) is 0. The molecule has 4 aliphatic carbocycles. The van der Waals surface area contributed by atoms with E-state index in [4.69, 9.17) is 5.26 Å². The minimum absolute atomic E-state index is 0.844. The molecule has 1 nitrogen and oxygen atoms in total. The van der Waals surface area contributed by atoms with Gasteiger partial charge < -0.3 is 0 Å². The first kappa shape index (κ1) is 7.90. The van der Waals surface area contributed by atoms with Crippen molar-refractivity contribution in [3.8, 4) is 6.07 Å². The Labute approximate surface area is 95.1 Å². The largest absolute Gasteiger partial charge is 0.192 e. The van der Waals surface area contributed by atoms with Gasteiger partial charge in [-0.2, -0.15) is 5.26 Å². The summed E-state index contributed by atoms with van der Waals surface area (Å²) in [5.41, 5.74) is 4.02. The molecule has 4 aliphatic rings. The summed E-state index contributed by atoms with van der Waals surface area (Å²) in [6, 6.07) is 8.73. The Morgan fingerprint density at radius 2 is 1.88 bits per heavy atom. The van der Waals surface area contributed by atoms with Crippen LogP contribution < -0.4 is 0 Å². The Balaban J connectivity index is 1.73. The Hall–Kier alpha value is -1.29. The van der Waals surface area contributed by atoms with Crippen molar-refractivity contribution in [2.24, 2.45) is 23.7 Å². The third-order valence-corrected chi connectivity index (χ3v) is 5.82. The van der Waals surface area contributed by atoms with Gasteiger partial charge in [0.05, 0.1) is 11.6 Å². The molecule has 1 aromatic carbocycles. The van der Waals surface area contributed by atoms with Gasteiger partial charge in [0.1, 0.15) is 0 Å². The maximum atomic E-state index is 9.00. The van der Waals surface area contributed by atoms with E-state index in [0.29, 0.717) is 0 Å². The number of hydrogen-bond donors (Lipinski definition) is 0. The second-order valence-corrected chi connectivity index (χ2v) is 6.07. The average Bonchev–Trinajstić information content (AvgIpc) is 2.81. The molecule has 16 heavy (non-hydrogen) atoms. The molecule has 0 saturated heterocycles. The quantitative estimate of drug-likeness (QED) is 0.641. The van der Waals surface area contributed by atoms with Gasteiger partial charge in [-0.1, -0.05) is 6.07 Å². The Kier molecular flexibility index (Phi) is 1.09. The second kappa shape index (κ2) is 2.20. The van der Waals surface area contributed by atoms with Crippen molar-refractivity contribution in [2.45, 2.75) is 24.7 Å². The Morgan fingerprint density at radius 3 is 2.62 bits per heavy atom. The zero-order valence-corrected chi connectivity index (χ0v) is 9.06. The molecule has 0 aliphatic heterocycles. The minimum atomic E-state index is 0.844. The summed E-state index contributed by atoms with van der Waals surface area (Å²) in [4.78, 5) is 0. The van der Waals surface area contributed by atoms with Crippen molar-refractivity contribution in [3.63, 3.8) is 0 Å². The standard InChI is InChI=1S/C15H13N/c16-6-7-1-2-10-11(5-7)12-8-3-4-9(8)13-14(10)15(12)13/h1-2,5,8-9,12-15H,3-4H2. The first-order valence-electron chi connectivity index (χ1n) is 6.44. The van der Waals surface area contributed by atoms with Gasteiger partial charge in [0.2, 0.25) is 0 Å². The molecule has 0 N–H and O–H groups in total. The topological polar surface area (TPSA) is 23.8 Å². The predicted octanol–water partition coefficient (Wildman–Crippen LogP) is 3.02. The number of nitrogens with zero attached hydrogens (tertiary/aromatic N) is 1. The molecule has 5 rings (SSSR count). The summed E-state index contributed by atoms with van der Waals surface area (Å²) in [5, 5.41) is 9.00. The molecule has 6 unspecified atom stereocenters. The van der Waals surface area contributed by atoms with Crippen LogP contribution in [-0.2, 0) is 0 Å². The van der Waals surface area contributed by atoms with Crippen LogP contribution in [0.5, 0.6) is 0 Å². The third-order valence-electron chi connectivity index (χ3n) is 5.82. The molecule has 0 spiro atoms. The maximum absolute atomic E-state index is 9.00. The van der Waals surface area contributed by atoms with Crippen LogP contribution >= 0.6 is 0 Å². The van der Waals surface area contributed by atoms with Crippen LogP contribution in [0.4, 0.5) is 0 Å². The van der Waals surface area contributed by atoms with E-state index in [9.17, 15) is 0 Å². The van der Waals surface area contributed by atoms with Crippen LogP contribution in [0.3, 0.4) is 0 Å². The number of benzene rings is 1. The van der Waals surface area contributed by atoms with Crippen LogP contribution in [0.15, 0.2) is 18.2 Å². The minimum Gasteiger partial charge on any atom is -0.192 e. The van der Waals surface area contributed by atoms with E-state index in [1.807, 2.05) is 6.07 Å². The summed E-state index contributed by atoms with van der Waals surface area (Å²) in [5.74, 6) is 5.82. The normalized spacial score (nSPS) is 48.7. The average molecular weight is 207 g/mol. The monoisotopic (exact) mass is 207 g/mol. The first-order chi connectivity index (χ1) is 7.90. The lowest BCUT2D eigenvalue weighted by Gasteiger charge is -2.36. The molecule has 0 radical (unpaired) electrons. The molecule has 1 aromatic rings. The summed E-state index contributed by atoms with van der Waals surface area (Å²) < 4.78 is 0. The fourth-order valence-corrected chi connectivity index (χ4v) is 5.22. The SMILES string of the molecule is N#Cc1ccc2c(c1)C1C3CCC3C3C2C13. The molecule has 0 amide bonds. The van der Waals surface area contributed by atoms with Gasteiger partial charge in [0, 0.05) is 0 Å². The van der Waals surface area contributed by atoms with E-state index in [1.54, 1.807) is 11.1 Å². The van der Waals surface area contributed by atoms with E-state index < -0.39 is 0 Å². The molecule has 3 saturated carbocycles. The first-order valence-corrected chi connectivity index (χ1v) is 6.44. The van der Waals surface area contributed by atoms with Gasteiger partial charge in [-0.15, -0.1) is 0 Å². The lowest BCUT2D eigenvalue weighted by molar-refractivity contribution is 0.166. The van der Waals surface area contributed by atoms with E-state index in [0.717, 1.165) is 41.1 Å². The lowest BCUT2D eigenvalue weighted by Crippen LogP contribution is -2.26. The van der Waals surface area contributed by atoms with Crippen LogP contribution in [0, 0.1) is 35.0 Å². The molecular formula is C15H13N. The van der Waals surface area contributed by atoms with Gasteiger partial charge >= 0.3 is 0 Å². The van der Waals surface area contributed by atoms with Gasteiger partial charge in [0.15, 0.2) is 0 Å². The van der Waals surface area contributed by atoms with Gasteiger partial charge in [-0.05, 0) is 71.6 Å². The van der Waals surface area contributed by atoms with E-state index in [2.05, 4.69) is 18.2 Å². The molecule has 6 atom stereocenters. The van der Waals surface area contributed by atoms with Gasteiger partial charge in [0.25, 0.3) is 0 Å². The van der Waals surface area contributed by atoms with E-state index in [1.165, 1.54) is 12.8 Å². The molecule has 78 valence electrons. The highest BCUT2D eigenvalue weighted by molar-refractivity contribution is 5.54. The molecule has 0 bridgehead atoms. The molecule has 0 aromatic heterocycles. The van der Waals surface area contributed by atoms with Crippen molar-refractivity contribution in [3.05, 3.63) is 34.9 Å². The highest BCUT2D eigenvalue weighted by atomic mass is 14.8. The van der Waals surface area contributed by atoms with Crippen LogP contribution in [0.25, 0.3) is 0 Å². The summed E-state index contributed by atoms with van der Waals surface area (Å²) >= 11 is 0. The summed E-state index contributed by atoms with van der Waals surface area (Å²) in [6.07, 6.45) is 2.93. The van der Waals surface area contributed by atoms with Crippen molar-refractivity contribution < 1.29 is 0 Å². The number of nitriles is 1. The zero-order chi connectivity index (χ0) is 10.4. The Morgan fingerprint density at radius 1 is 1.00 bits per heavy atom. The highest BCUT2D eigenvalue weighted by Gasteiger charge is 2.73. The number of hydrogen-bond acceptors (Lipinski definition) is 1. The molecule has 3 fully saturated rings. The maximum Gasteiger partial charge on any atom is 0.0991 e. The van der Waals surface area contributed by atoms with E-state index >= 15 is 0 Å². The number of rotatable bonds is 0. The fourth-order valence-electron chi connectivity index (χ4n) is 5.22. The third kappa shape index (κ3) is 0.627. The lowest BCUT2D eigenvalue weighted by atomic mass is 9.69. The summed E-state index contributed by atoms with van der Waals surface area (Å²) in [6.45, 7) is 0. The van der Waals surface area contributed by atoms with Gasteiger partial charge in [-0.3, -0.25) is 0 Å². The predicted molar refractivity (Wildman–Crippen MR) is 59.8 cm³/mol. The van der Waals surface area contributed by atoms with E-state index in [-0.39, 0.29) is 0 Å². The number of fused-ring (bicyclic) bond motifs is 7. The highest BCUT2D eigenvalue weighted by Crippen LogP contribution is 2.81. The smallest absolute Gasteiger partial charge is 0.0991 e. The van der Waals surface area contributed by atoms with Crippen LogP contribution in [0.1, 0.15) is 41.4 Å². The Bertz CT molecular complexity index is 553. The van der Waals surface area contributed by atoms with Crippen LogP contribution in [-0.4, -0.2) is 0 Å². The van der Waals surface area contributed by atoms with Crippen molar-refractivity contribution >= 4 is 0 Å². The van der Waals surface area contributed by atoms with Gasteiger partial charge in [-0.25, -0.2) is 0 Å². The fraction of sp³-hybridized carbons (Fsp3) is 0.533.